The quantitative estimate of drug-likeness (QED) is 0.841. The Morgan fingerprint density at radius 2 is 1.84 bits per heavy atom. The van der Waals surface area contributed by atoms with Crippen molar-refractivity contribution >= 4 is 12.0 Å². The number of hydrogen-bond donors (Lipinski definition) is 1. The van der Waals surface area contributed by atoms with E-state index in [9.17, 15) is 9.59 Å². The predicted octanol–water partition coefficient (Wildman–Crippen LogP) is 2.80. The fourth-order valence-corrected chi connectivity index (χ4v) is 2.61. The van der Waals surface area contributed by atoms with Crippen LogP contribution in [0.4, 0.5) is 4.79 Å². The van der Waals surface area contributed by atoms with Gasteiger partial charge in [0, 0.05) is 31.1 Å². The number of likely N-dealkylation sites (tertiary alicyclic amines) is 1. The van der Waals surface area contributed by atoms with Crippen LogP contribution in [0.1, 0.15) is 39.2 Å². The molecule has 5 nitrogen and oxygen atoms in total. The zero-order valence-corrected chi connectivity index (χ0v) is 15.2. The van der Waals surface area contributed by atoms with Gasteiger partial charge in [0.2, 0.25) is 0 Å². The smallest absolute Gasteiger partial charge is 0.407 e. The first-order chi connectivity index (χ1) is 11.8. The summed E-state index contributed by atoms with van der Waals surface area (Å²) in [6.45, 7) is 7.44. The molecule has 1 aliphatic rings. The molecule has 25 heavy (non-hydrogen) atoms. The van der Waals surface area contributed by atoms with Gasteiger partial charge in [-0.15, -0.1) is 0 Å². The maximum atomic E-state index is 12.2. The van der Waals surface area contributed by atoms with Gasteiger partial charge >= 0.3 is 6.09 Å². The van der Waals surface area contributed by atoms with Gasteiger partial charge in [-0.3, -0.25) is 4.79 Å². The van der Waals surface area contributed by atoms with Crippen LogP contribution >= 0.6 is 0 Å². The molecule has 0 atom stereocenters. The number of nitrogens with zero attached hydrogens (tertiary/aromatic N) is 1. The number of ether oxygens (including phenoxy) is 1. The van der Waals surface area contributed by atoms with Gasteiger partial charge in [-0.2, -0.15) is 0 Å². The Hall–Kier alpha value is -2.48. The van der Waals surface area contributed by atoms with Crippen LogP contribution < -0.4 is 5.32 Å². The first kappa shape index (κ1) is 18.9. The Balaban J connectivity index is 1.73. The maximum absolute atomic E-state index is 12.2. The summed E-state index contributed by atoms with van der Waals surface area (Å²) in [4.78, 5) is 25.6. The van der Waals surface area contributed by atoms with Crippen molar-refractivity contribution < 1.29 is 14.3 Å². The highest BCUT2D eigenvalue weighted by Gasteiger charge is 2.23. The number of amides is 2. The number of rotatable bonds is 2. The normalized spacial score (nSPS) is 15.1. The number of hydrogen-bond acceptors (Lipinski definition) is 3. The Labute approximate surface area is 149 Å². The van der Waals surface area contributed by atoms with E-state index in [2.05, 4.69) is 17.2 Å². The van der Waals surface area contributed by atoms with E-state index in [0.717, 1.165) is 18.4 Å². The highest BCUT2D eigenvalue weighted by Crippen LogP contribution is 2.16. The molecule has 1 fully saturated rings. The fraction of sp³-hybridized carbons (Fsp3) is 0.500. The van der Waals surface area contributed by atoms with Gasteiger partial charge in [0.25, 0.3) is 5.91 Å². The molecule has 5 heteroatoms. The topological polar surface area (TPSA) is 58.6 Å². The SMILES string of the molecule is CC(C)(C)OC(=O)NCC1CCN(C(=O)C#Cc2ccccc2)CC1. The summed E-state index contributed by atoms with van der Waals surface area (Å²) in [7, 11) is 0. The molecule has 0 aliphatic carbocycles. The van der Waals surface area contributed by atoms with Crippen LogP contribution in [-0.4, -0.2) is 42.1 Å². The molecule has 0 saturated carbocycles. The van der Waals surface area contributed by atoms with Gasteiger partial charge in [-0.05, 0) is 51.7 Å². The van der Waals surface area contributed by atoms with Crippen molar-refractivity contribution in [3.63, 3.8) is 0 Å². The first-order valence-corrected chi connectivity index (χ1v) is 8.66. The van der Waals surface area contributed by atoms with E-state index in [1.165, 1.54) is 0 Å². The summed E-state index contributed by atoms with van der Waals surface area (Å²) >= 11 is 0. The van der Waals surface area contributed by atoms with E-state index in [1.54, 1.807) is 4.90 Å². The Bertz CT molecular complexity index is 645. The number of benzene rings is 1. The standard InChI is InChI=1S/C20H26N2O3/c1-20(2,3)25-19(24)21-15-17-11-13-22(14-12-17)18(23)10-9-16-7-5-4-6-8-16/h4-8,17H,11-15H2,1-3H3,(H,21,24). The van der Waals surface area contributed by atoms with Gasteiger partial charge in [-0.1, -0.05) is 24.1 Å². The number of piperidine rings is 1. The van der Waals surface area contributed by atoms with Crippen LogP contribution in [0.2, 0.25) is 0 Å². The van der Waals surface area contributed by atoms with E-state index >= 15 is 0 Å². The third-order valence-electron chi connectivity index (χ3n) is 3.92. The van der Waals surface area contributed by atoms with Gasteiger partial charge in [-0.25, -0.2) is 4.79 Å². The number of carbonyl (C=O) groups is 2. The summed E-state index contributed by atoms with van der Waals surface area (Å²) in [5.74, 6) is 5.83. The molecular formula is C20H26N2O3. The predicted molar refractivity (Wildman–Crippen MR) is 96.9 cm³/mol. The Morgan fingerprint density at radius 1 is 1.20 bits per heavy atom. The average Bonchev–Trinajstić information content (AvgIpc) is 2.58. The second kappa shape index (κ2) is 8.57. The molecule has 1 N–H and O–H groups in total. The molecule has 0 bridgehead atoms. The fourth-order valence-electron chi connectivity index (χ4n) is 2.61. The molecule has 1 aromatic rings. The first-order valence-electron chi connectivity index (χ1n) is 8.66. The van der Waals surface area contributed by atoms with E-state index in [0.29, 0.717) is 25.6 Å². The summed E-state index contributed by atoms with van der Waals surface area (Å²) in [6, 6.07) is 9.49. The molecule has 0 aromatic heterocycles. The largest absolute Gasteiger partial charge is 0.444 e. The minimum atomic E-state index is -0.489. The molecule has 0 spiro atoms. The van der Waals surface area contributed by atoms with Crippen molar-refractivity contribution in [3.8, 4) is 11.8 Å². The van der Waals surface area contributed by atoms with Crippen molar-refractivity contribution in [3.05, 3.63) is 35.9 Å². The average molecular weight is 342 g/mol. The van der Waals surface area contributed by atoms with Crippen LogP contribution in [0.3, 0.4) is 0 Å². The lowest BCUT2D eigenvalue weighted by molar-refractivity contribution is -0.126. The van der Waals surface area contributed by atoms with Crippen molar-refractivity contribution in [2.45, 2.75) is 39.2 Å². The minimum absolute atomic E-state index is 0.137. The number of nitrogens with one attached hydrogen (secondary N) is 1. The number of alkyl carbamates (subject to hydrolysis) is 1. The Kier molecular flexibility index (Phi) is 6.46. The van der Waals surface area contributed by atoms with Gasteiger partial charge < -0.3 is 15.0 Å². The van der Waals surface area contributed by atoms with Gasteiger partial charge in [0.1, 0.15) is 5.60 Å². The molecule has 1 aromatic carbocycles. The van der Waals surface area contributed by atoms with Crippen LogP contribution in [-0.2, 0) is 9.53 Å². The lowest BCUT2D eigenvalue weighted by Crippen LogP contribution is -2.42. The van der Waals surface area contributed by atoms with Crippen molar-refractivity contribution in [1.29, 1.82) is 0 Å². The van der Waals surface area contributed by atoms with Crippen LogP contribution in [0.5, 0.6) is 0 Å². The third kappa shape index (κ3) is 6.88. The molecule has 2 rings (SSSR count). The van der Waals surface area contributed by atoms with Crippen molar-refractivity contribution in [2.24, 2.45) is 5.92 Å². The molecule has 1 aliphatic heterocycles. The highest BCUT2D eigenvalue weighted by molar-refractivity contribution is 5.94. The third-order valence-corrected chi connectivity index (χ3v) is 3.92. The summed E-state index contributed by atoms with van der Waals surface area (Å²) < 4.78 is 5.23. The van der Waals surface area contributed by atoms with Crippen molar-refractivity contribution in [1.82, 2.24) is 10.2 Å². The van der Waals surface area contributed by atoms with Gasteiger partial charge in [0.05, 0.1) is 0 Å². The lowest BCUT2D eigenvalue weighted by Gasteiger charge is -2.31. The summed E-state index contributed by atoms with van der Waals surface area (Å²) in [5, 5.41) is 2.81. The second-order valence-corrected chi connectivity index (χ2v) is 7.23. The minimum Gasteiger partial charge on any atom is -0.444 e. The lowest BCUT2D eigenvalue weighted by atomic mass is 9.97. The maximum Gasteiger partial charge on any atom is 0.407 e. The van der Waals surface area contributed by atoms with Gasteiger partial charge in [0.15, 0.2) is 0 Å². The monoisotopic (exact) mass is 342 g/mol. The molecule has 0 unspecified atom stereocenters. The molecule has 1 heterocycles. The molecule has 1 saturated heterocycles. The van der Waals surface area contributed by atoms with Crippen molar-refractivity contribution in [2.75, 3.05) is 19.6 Å². The molecule has 0 radical (unpaired) electrons. The van der Waals surface area contributed by atoms with E-state index in [1.807, 2.05) is 51.1 Å². The molecule has 134 valence electrons. The zero-order valence-electron chi connectivity index (χ0n) is 15.2. The summed E-state index contributed by atoms with van der Waals surface area (Å²) in [6.07, 6.45) is 1.32. The van der Waals surface area contributed by atoms with Crippen LogP contribution in [0.25, 0.3) is 0 Å². The van der Waals surface area contributed by atoms with E-state index in [-0.39, 0.29) is 12.0 Å². The van der Waals surface area contributed by atoms with Crippen LogP contribution in [0.15, 0.2) is 30.3 Å². The van der Waals surface area contributed by atoms with E-state index < -0.39 is 5.60 Å². The summed E-state index contributed by atoms with van der Waals surface area (Å²) in [5.41, 5.74) is 0.351. The Morgan fingerprint density at radius 3 is 2.44 bits per heavy atom. The van der Waals surface area contributed by atoms with Crippen LogP contribution in [0, 0.1) is 17.8 Å². The highest BCUT2D eigenvalue weighted by atomic mass is 16.6. The second-order valence-electron chi connectivity index (χ2n) is 7.23. The zero-order chi connectivity index (χ0) is 18.3. The molecular weight excluding hydrogens is 316 g/mol. The van der Waals surface area contributed by atoms with E-state index in [4.69, 9.17) is 4.74 Å². The number of carbonyl (C=O) groups excluding carboxylic acids is 2. The molecule has 2 amide bonds.